The third-order valence-corrected chi connectivity index (χ3v) is 4.38. The van der Waals surface area contributed by atoms with Gasteiger partial charge in [-0.05, 0) is 25.8 Å². The Morgan fingerprint density at radius 2 is 1.78 bits per heavy atom. The highest BCUT2D eigenvalue weighted by Crippen LogP contribution is 2.23. The molecule has 0 fully saturated rings. The fourth-order valence-corrected chi connectivity index (χ4v) is 2.56. The molecule has 0 aromatic carbocycles. The summed E-state index contributed by atoms with van der Waals surface area (Å²) < 4.78 is 0. The average Bonchev–Trinajstić information content (AvgIpc) is 2.40. The van der Waals surface area contributed by atoms with Crippen LogP contribution in [0.4, 0.5) is 0 Å². The maximum atomic E-state index is 6.07. The quantitative estimate of drug-likeness (QED) is 0.565. The van der Waals surface area contributed by atoms with E-state index < -0.39 is 0 Å². The van der Waals surface area contributed by atoms with E-state index in [1.165, 1.54) is 45.1 Å². The highest BCUT2D eigenvalue weighted by atomic mass is 15.2. The van der Waals surface area contributed by atoms with Gasteiger partial charge in [0.05, 0.1) is 0 Å². The lowest BCUT2D eigenvalue weighted by atomic mass is 9.90. The number of hydrogen-bond acceptors (Lipinski definition) is 2. The highest BCUT2D eigenvalue weighted by molar-refractivity contribution is 4.87. The maximum absolute atomic E-state index is 6.07. The minimum absolute atomic E-state index is 0.200. The first-order valence-electron chi connectivity index (χ1n) is 7.99. The predicted octanol–water partition coefficient (Wildman–Crippen LogP) is 4.04. The van der Waals surface area contributed by atoms with Crippen LogP contribution in [0, 0.1) is 5.92 Å². The van der Waals surface area contributed by atoms with Gasteiger partial charge in [0.2, 0.25) is 0 Å². The van der Waals surface area contributed by atoms with Crippen molar-refractivity contribution in [3.63, 3.8) is 0 Å². The van der Waals surface area contributed by atoms with Gasteiger partial charge in [0.15, 0.2) is 0 Å². The minimum Gasteiger partial charge on any atom is -0.329 e. The SMILES string of the molecule is CCCCCCC(C)(CN)N(CC)CC(C)CC. The Morgan fingerprint density at radius 1 is 1.11 bits per heavy atom. The molecule has 0 amide bonds. The Labute approximate surface area is 115 Å². The number of nitrogens with zero attached hydrogens (tertiary/aromatic N) is 1. The molecule has 0 radical (unpaired) electrons. The molecule has 0 spiro atoms. The van der Waals surface area contributed by atoms with E-state index in [1.54, 1.807) is 0 Å². The number of likely N-dealkylation sites (N-methyl/N-ethyl adjacent to an activating group) is 1. The Bertz CT molecular complexity index is 194. The molecule has 0 heterocycles. The largest absolute Gasteiger partial charge is 0.329 e. The second-order valence-corrected chi connectivity index (χ2v) is 6.06. The minimum atomic E-state index is 0.200. The van der Waals surface area contributed by atoms with Gasteiger partial charge in [0.25, 0.3) is 0 Å². The van der Waals surface area contributed by atoms with E-state index in [4.69, 9.17) is 5.73 Å². The number of nitrogens with two attached hydrogens (primary N) is 1. The van der Waals surface area contributed by atoms with E-state index in [-0.39, 0.29) is 5.54 Å². The van der Waals surface area contributed by atoms with Crippen LogP contribution >= 0.6 is 0 Å². The molecule has 0 rings (SSSR count). The first kappa shape index (κ1) is 17.9. The van der Waals surface area contributed by atoms with Crippen molar-refractivity contribution < 1.29 is 0 Å². The Hall–Kier alpha value is -0.0800. The van der Waals surface area contributed by atoms with Crippen LogP contribution in [-0.4, -0.2) is 30.1 Å². The van der Waals surface area contributed by atoms with E-state index in [0.29, 0.717) is 0 Å². The fourth-order valence-electron chi connectivity index (χ4n) is 2.56. The molecule has 0 aromatic rings. The van der Waals surface area contributed by atoms with E-state index in [9.17, 15) is 0 Å². The van der Waals surface area contributed by atoms with Crippen molar-refractivity contribution in [2.24, 2.45) is 11.7 Å². The van der Waals surface area contributed by atoms with Crippen molar-refractivity contribution in [1.29, 1.82) is 0 Å². The van der Waals surface area contributed by atoms with E-state index in [1.807, 2.05) is 0 Å². The molecule has 0 aliphatic rings. The summed E-state index contributed by atoms with van der Waals surface area (Å²) in [6.07, 6.45) is 7.84. The topological polar surface area (TPSA) is 29.3 Å². The van der Waals surface area contributed by atoms with Gasteiger partial charge in [-0.15, -0.1) is 0 Å². The molecular formula is C16H36N2. The molecule has 2 N–H and O–H groups in total. The molecule has 0 aliphatic heterocycles. The number of hydrogen-bond donors (Lipinski definition) is 1. The monoisotopic (exact) mass is 256 g/mol. The number of unbranched alkanes of at least 4 members (excludes halogenated alkanes) is 3. The van der Waals surface area contributed by atoms with Crippen LogP contribution in [0.5, 0.6) is 0 Å². The predicted molar refractivity (Wildman–Crippen MR) is 82.9 cm³/mol. The van der Waals surface area contributed by atoms with Crippen molar-refractivity contribution in [1.82, 2.24) is 4.90 Å². The van der Waals surface area contributed by atoms with Gasteiger partial charge in [0.1, 0.15) is 0 Å². The van der Waals surface area contributed by atoms with Crippen LogP contribution in [-0.2, 0) is 0 Å². The van der Waals surface area contributed by atoms with Crippen LogP contribution < -0.4 is 5.73 Å². The average molecular weight is 256 g/mol. The molecule has 18 heavy (non-hydrogen) atoms. The van der Waals surface area contributed by atoms with Gasteiger partial charge in [-0.1, -0.05) is 59.8 Å². The summed E-state index contributed by atoms with van der Waals surface area (Å²) in [6, 6.07) is 0. The summed E-state index contributed by atoms with van der Waals surface area (Å²) in [5.74, 6) is 0.770. The first-order chi connectivity index (χ1) is 8.53. The van der Waals surface area contributed by atoms with Gasteiger partial charge in [-0.25, -0.2) is 0 Å². The summed E-state index contributed by atoms with van der Waals surface area (Å²) in [5.41, 5.74) is 6.27. The Kier molecular flexibility index (Phi) is 9.76. The second-order valence-electron chi connectivity index (χ2n) is 6.06. The van der Waals surface area contributed by atoms with Gasteiger partial charge in [0, 0.05) is 18.6 Å². The summed E-state index contributed by atoms with van der Waals surface area (Å²) in [4.78, 5) is 2.60. The van der Waals surface area contributed by atoms with Crippen LogP contribution in [0.2, 0.25) is 0 Å². The lowest BCUT2D eigenvalue weighted by Crippen LogP contribution is -2.52. The van der Waals surface area contributed by atoms with E-state index in [0.717, 1.165) is 19.0 Å². The van der Waals surface area contributed by atoms with Gasteiger partial charge in [-0.3, -0.25) is 4.90 Å². The third kappa shape index (κ3) is 6.19. The maximum Gasteiger partial charge on any atom is 0.0303 e. The molecule has 110 valence electrons. The van der Waals surface area contributed by atoms with Gasteiger partial charge >= 0.3 is 0 Å². The molecule has 0 saturated carbocycles. The van der Waals surface area contributed by atoms with Crippen LogP contribution in [0.25, 0.3) is 0 Å². The standard InChI is InChI=1S/C16H36N2/c1-6-9-10-11-12-16(5,14-17)18(8-3)13-15(4)7-2/h15H,6-14,17H2,1-5H3. The van der Waals surface area contributed by atoms with Crippen LogP contribution in [0.1, 0.15) is 73.1 Å². The first-order valence-corrected chi connectivity index (χ1v) is 7.99. The third-order valence-electron chi connectivity index (χ3n) is 4.38. The number of rotatable bonds is 11. The molecule has 2 nitrogen and oxygen atoms in total. The molecule has 0 aliphatic carbocycles. The molecule has 0 bridgehead atoms. The lowest BCUT2D eigenvalue weighted by Gasteiger charge is -2.41. The Balaban J connectivity index is 4.36. The highest BCUT2D eigenvalue weighted by Gasteiger charge is 2.29. The molecule has 0 saturated heterocycles. The molecular weight excluding hydrogens is 220 g/mol. The molecule has 2 atom stereocenters. The van der Waals surface area contributed by atoms with Crippen LogP contribution in [0.3, 0.4) is 0 Å². The summed E-state index contributed by atoms with van der Waals surface area (Å²) in [6.45, 7) is 14.6. The lowest BCUT2D eigenvalue weighted by molar-refractivity contribution is 0.0875. The van der Waals surface area contributed by atoms with Gasteiger partial charge < -0.3 is 5.73 Å². The van der Waals surface area contributed by atoms with Crippen molar-refractivity contribution in [3.8, 4) is 0 Å². The van der Waals surface area contributed by atoms with Crippen molar-refractivity contribution in [3.05, 3.63) is 0 Å². The van der Waals surface area contributed by atoms with Crippen molar-refractivity contribution in [2.75, 3.05) is 19.6 Å². The summed E-state index contributed by atoms with van der Waals surface area (Å²) >= 11 is 0. The summed E-state index contributed by atoms with van der Waals surface area (Å²) in [5, 5.41) is 0. The second kappa shape index (κ2) is 9.80. The van der Waals surface area contributed by atoms with Gasteiger partial charge in [-0.2, -0.15) is 0 Å². The van der Waals surface area contributed by atoms with Crippen LogP contribution in [0.15, 0.2) is 0 Å². The zero-order chi connectivity index (χ0) is 14.0. The van der Waals surface area contributed by atoms with E-state index >= 15 is 0 Å². The zero-order valence-electron chi connectivity index (χ0n) is 13.5. The van der Waals surface area contributed by atoms with E-state index in [2.05, 4.69) is 39.5 Å². The summed E-state index contributed by atoms with van der Waals surface area (Å²) in [7, 11) is 0. The molecule has 2 heteroatoms. The molecule has 0 aromatic heterocycles. The zero-order valence-corrected chi connectivity index (χ0v) is 13.5. The van der Waals surface area contributed by atoms with Crippen molar-refractivity contribution >= 4 is 0 Å². The normalized spacial score (nSPS) is 16.8. The van der Waals surface area contributed by atoms with Crippen molar-refractivity contribution in [2.45, 2.75) is 78.7 Å². The fraction of sp³-hybridized carbons (Fsp3) is 1.00. The molecule has 2 unspecified atom stereocenters. The Morgan fingerprint density at radius 3 is 2.22 bits per heavy atom. The smallest absolute Gasteiger partial charge is 0.0303 e.